The molecule has 0 bridgehead atoms. The first-order valence-corrected chi connectivity index (χ1v) is 7.88. The Kier molecular flexibility index (Phi) is 5.00. The molecule has 0 aliphatic rings. The van der Waals surface area contributed by atoms with E-state index in [2.05, 4.69) is 4.90 Å². The van der Waals surface area contributed by atoms with E-state index in [0.717, 1.165) is 34.8 Å². The fraction of sp³-hybridized carbons (Fsp3) is 0.0952. The van der Waals surface area contributed by atoms with E-state index >= 15 is 0 Å². The van der Waals surface area contributed by atoms with Crippen LogP contribution in [0.1, 0.15) is 10.4 Å². The monoisotopic (exact) mass is 333 g/mol. The maximum atomic E-state index is 10.9. The lowest BCUT2D eigenvalue weighted by Crippen LogP contribution is -2.09. The second-order valence-corrected chi connectivity index (χ2v) is 5.44. The molecular weight excluding hydrogens is 314 g/mol. The third kappa shape index (κ3) is 3.63. The number of hydrogen-bond donors (Lipinski definition) is 0. The number of carbonyl (C=O) groups excluding carboxylic acids is 1. The third-order valence-electron chi connectivity index (χ3n) is 3.95. The third-order valence-corrected chi connectivity index (χ3v) is 3.95. The molecule has 0 atom stereocenters. The van der Waals surface area contributed by atoms with Crippen molar-refractivity contribution in [2.45, 2.75) is 0 Å². The summed E-state index contributed by atoms with van der Waals surface area (Å²) in [6.07, 6.45) is 0.842. The van der Waals surface area contributed by atoms with Crippen LogP contribution >= 0.6 is 0 Å². The van der Waals surface area contributed by atoms with Crippen molar-refractivity contribution in [3.63, 3.8) is 0 Å². The van der Waals surface area contributed by atoms with Crippen molar-refractivity contribution >= 4 is 23.3 Å². The van der Waals surface area contributed by atoms with E-state index in [1.54, 1.807) is 14.2 Å². The lowest BCUT2D eigenvalue weighted by molar-refractivity contribution is 0.112. The summed E-state index contributed by atoms with van der Waals surface area (Å²) in [6.45, 7) is 0. The number of anilines is 3. The number of carbonyl (C=O) groups is 1. The maximum absolute atomic E-state index is 10.9. The van der Waals surface area contributed by atoms with Crippen LogP contribution in [0, 0.1) is 0 Å². The molecule has 0 saturated carbocycles. The molecule has 4 nitrogen and oxygen atoms in total. The van der Waals surface area contributed by atoms with Gasteiger partial charge in [0, 0.05) is 22.6 Å². The first-order valence-electron chi connectivity index (χ1n) is 7.88. The van der Waals surface area contributed by atoms with Gasteiger partial charge in [0.15, 0.2) is 0 Å². The summed E-state index contributed by atoms with van der Waals surface area (Å²) in [5.41, 5.74) is 3.59. The second-order valence-electron chi connectivity index (χ2n) is 5.44. The Hall–Kier alpha value is -3.27. The molecule has 3 rings (SSSR count). The summed E-state index contributed by atoms with van der Waals surface area (Å²) in [5.74, 6) is 1.60. The van der Waals surface area contributed by atoms with Gasteiger partial charge in [-0.1, -0.05) is 0 Å². The average Bonchev–Trinajstić information content (AvgIpc) is 2.70. The van der Waals surface area contributed by atoms with E-state index in [9.17, 15) is 4.79 Å². The van der Waals surface area contributed by atoms with E-state index in [1.165, 1.54) is 0 Å². The standard InChI is InChI=1S/C21H19NO3/c1-24-20-11-7-18(8-12-20)22(17-5-3-16(15-23)4-6-17)19-9-13-21(25-2)14-10-19/h3-15H,1-2H3. The molecule has 0 radical (unpaired) electrons. The molecule has 0 aliphatic heterocycles. The minimum Gasteiger partial charge on any atom is -0.497 e. The van der Waals surface area contributed by atoms with Gasteiger partial charge in [-0.25, -0.2) is 0 Å². The molecule has 0 amide bonds. The van der Waals surface area contributed by atoms with Crippen LogP contribution in [0.4, 0.5) is 17.1 Å². The van der Waals surface area contributed by atoms with Crippen molar-refractivity contribution in [2.75, 3.05) is 19.1 Å². The number of ether oxygens (including phenoxy) is 2. The molecule has 4 heteroatoms. The molecule has 0 spiro atoms. The molecule has 126 valence electrons. The number of rotatable bonds is 6. The smallest absolute Gasteiger partial charge is 0.150 e. The van der Waals surface area contributed by atoms with E-state index in [1.807, 2.05) is 72.8 Å². The molecule has 0 saturated heterocycles. The summed E-state index contributed by atoms with van der Waals surface area (Å²) < 4.78 is 10.5. The van der Waals surface area contributed by atoms with E-state index < -0.39 is 0 Å². The van der Waals surface area contributed by atoms with Crippen LogP contribution in [0.15, 0.2) is 72.8 Å². The molecule has 0 fully saturated rings. The van der Waals surface area contributed by atoms with Gasteiger partial charge in [-0.2, -0.15) is 0 Å². The summed E-state index contributed by atoms with van der Waals surface area (Å²) in [4.78, 5) is 13.0. The number of benzene rings is 3. The molecule has 3 aromatic rings. The Morgan fingerprint density at radius 3 is 1.32 bits per heavy atom. The molecule has 3 aromatic carbocycles. The first-order chi connectivity index (χ1) is 12.2. The van der Waals surface area contributed by atoms with Crippen LogP contribution in [0.5, 0.6) is 11.5 Å². The average molecular weight is 333 g/mol. The lowest BCUT2D eigenvalue weighted by atomic mass is 10.1. The molecule has 25 heavy (non-hydrogen) atoms. The van der Waals surface area contributed by atoms with Crippen molar-refractivity contribution in [3.05, 3.63) is 78.4 Å². The largest absolute Gasteiger partial charge is 0.497 e. The Labute approximate surface area is 147 Å². The minimum absolute atomic E-state index is 0.646. The molecule has 0 unspecified atom stereocenters. The Balaban J connectivity index is 2.06. The highest BCUT2D eigenvalue weighted by atomic mass is 16.5. The van der Waals surface area contributed by atoms with Gasteiger partial charge in [-0.05, 0) is 72.8 Å². The summed E-state index contributed by atoms with van der Waals surface area (Å²) in [6, 6.07) is 23.1. The topological polar surface area (TPSA) is 38.8 Å². The first kappa shape index (κ1) is 16.6. The highest BCUT2D eigenvalue weighted by Gasteiger charge is 2.12. The SMILES string of the molecule is COc1ccc(N(c2ccc(C=O)cc2)c2ccc(OC)cc2)cc1. The zero-order chi connectivity index (χ0) is 17.6. The van der Waals surface area contributed by atoms with Crippen molar-refractivity contribution in [1.29, 1.82) is 0 Å². The summed E-state index contributed by atoms with van der Waals surface area (Å²) in [5, 5.41) is 0. The van der Waals surface area contributed by atoms with Gasteiger partial charge in [0.05, 0.1) is 14.2 Å². The molecule has 0 aromatic heterocycles. The zero-order valence-electron chi connectivity index (χ0n) is 14.2. The predicted octanol–water partition coefficient (Wildman–Crippen LogP) is 4.99. The van der Waals surface area contributed by atoms with E-state index in [-0.39, 0.29) is 0 Å². The molecule has 0 N–H and O–H groups in total. The van der Waals surface area contributed by atoms with Crippen LogP contribution in [0.3, 0.4) is 0 Å². The number of hydrogen-bond acceptors (Lipinski definition) is 4. The van der Waals surface area contributed by atoms with E-state index in [4.69, 9.17) is 9.47 Å². The molecule has 0 heterocycles. The highest BCUT2D eigenvalue weighted by molar-refractivity contribution is 5.80. The summed E-state index contributed by atoms with van der Waals surface area (Å²) >= 11 is 0. The van der Waals surface area contributed by atoms with Gasteiger partial charge in [0.2, 0.25) is 0 Å². The fourth-order valence-electron chi connectivity index (χ4n) is 2.61. The normalized spacial score (nSPS) is 10.2. The van der Waals surface area contributed by atoms with Gasteiger partial charge >= 0.3 is 0 Å². The Bertz CT molecular complexity index is 777. The van der Waals surface area contributed by atoms with Gasteiger partial charge in [-0.15, -0.1) is 0 Å². The fourth-order valence-corrected chi connectivity index (χ4v) is 2.61. The van der Waals surface area contributed by atoms with Crippen LogP contribution in [-0.4, -0.2) is 20.5 Å². The van der Waals surface area contributed by atoms with E-state index in [0.29, 0.717) is 5.56 Å². The highest BCUT2D eigenvalue weighted by Crippen LogP contribution is 2.35. The second kappa shape index (κ2) is 7.53. The summed E-state index contributed by atoms with van der Waals surface area (Å²) in [7, 11) is 3.29. The lowest BCUT2D eigenvalue weighted by Gasteiger charge is -2.25. The Morgan fingerprint density at radius 2 is 1.00 bits per heavy atom. The minimum atomic E-state index is 0.646. The molecular formula is C21H19NO3. The van der Waals surface area contributed by atoms with Crippen molar-refractivity contribution < 1.29 is 14.3 Å². The maximum Gasteiger partial charge on any atom is 0.150 e. The number of methoxy groups -OCH3 is 2. The number of nitrogens with zero attached hydrogens (tertiary/aromatic N) is 1. The zero-order valence-corrected chi connectivity index (χ0v) is 14.2. The van der Waals surface area contributed by atoms with Crippen LogP contribution in [-0.2, 0) is 0 Å². The predicted molar refractivity (Wildman–Crippen MR) is 99.6 cm³/mol. The van der Waals surface area contributed by atoms with Gasteiger partial charge in [0.1, 0.15) is 17.8 Å². The number of aldehydes is 1. The quantitative estimate of drug-likeness (QED) is 0.596. The Morgan fingerprint density at radius 1 is 0.640 bits per heavy atom. The van der Waals surface area contributed by atoms with Gasteiger partial charge < -0.3 is 14.4 Å². The van der Waals surface area contributed by atoms with Crippen LogP contribution in [0.2, 0.25) is 0 Å². The van der Waals surface area contributed by atoms with Gasteiger partial charge in [-0.3, -0.25) is 4.79 Å². The van der Waals surface area contributed by atoms with Crippen LogP contribution in [0.25, 0.3) is 0 Å². The van der Waals surface area contributed by atoms with Crippen molar-refractivity contribution in [1.82, 2.24) is 0 Å². The van der Waals surface area contributed by atoms with Crippen LogP contribution < -0.4 is 14.4 Å². The van der Waals surface area contributed by atoms with Crippen molar-refractivity contribution in [3.8, 4) is 11.5 Å². The van der Waals surface area contributed by atoms with Gasteiger partial charge in [0.25, 0.3) is 0 Å². The van der Waals surface area contributed by atoms with Crippen molar-refractivity contribution in [2.24, 2.45) is 0 Å². The molecule has 0 aliphatic carbocycles.